The first kappa shape index (κ1) is 10.2. The van der Waals surface area contributed by atoms with E-state index < -0.39 is 5.97 Å². The smallest absolute Gasteiger partial charge is 0.381 e. The molecule has 0 aliphatic heterocycles. The van der Waals surface area contributed by atoms with Gasteiger partial charge in [-0.1, -0.05) is 5.92 Å². The quantitative estimate of drug-likeness (QED) is 0.687. The zero-order valence-electron chi connectivity index (χ0n) is 9.54. The molecule has 0 unspecified atom stereocenters. The highest BCUT2D eigenvalue weighted by Gasteiger charge is 2.50. The van der Waals surface area contributed by atoms with Crippen molar-refractivity contribution in [1.82, 2.24) is 0 Å². The van der Waals surface area contributed by atoms with Crippen molar-refractivity contribution in [2.75, 3.05) is 0 Å². The van der Waals surface area contributed by atoms with Gasteiger partial charge in [0.1, 0.15) is 0 Å². The fraction of sp³-hybridized carbons (Fsp3) is 0.786. The molecule has 16 heavy (non-hydrogen) atoms. The fourth-order valence-corrected chi connectivity index (χ4v) is 4.81. The van der Waals surface area contributed by atoms with Crippen LogP contribution in [0.1, 0.15) is 44.9 Å². The van der Waals surface area contributed by atoms with Crippen LogP contribution >= 0.6 is 0 Å². The molecule has 86 valence electrons. The lowest BCUT2D eigenvalue weighted by molar-refractivity contribution is -0.130. The van der Waals surface area contributed by atoms with E-state index in [1.54, 1.807) is 0 Å². The number of carboxylic acid groups (broad SMARTS) is 1. The van der Waals surface area contributed by atoms with Crippen LogP contribution in [0.15, 0.2) is 0 Å². The summed E-state index contributed by atoms with van der Waals surface area (Å²) in [5.41, 5.74) is 0.400. The van der Waals surface area contributed by atoms with E-state index in [1.165, 1.54) is 38.5 Å². The molecule has 0 radical (unpaired) electrons. The van der Waals surface area contributed by atoms with Crippen LogP contribution in [0.25, 0.3) is 0 Å². The van der Waals surface area contributed by atoms with Gasteiger partial charge in [-0.25, -0.2) is 4.79 Å². The molecule has 0 spiro atoms. The largest absolute Gasteiger partial charge is 0.472 e. The maximum absolute atomic E-state index is 10.4. The minimum atomic E-state index is -0.982. The SMILES string of the molecule is O=C(O)C#CCC12CC3CC(CC(C3)C1)C2. The first-order valence-electron chi connectivity index (χ1n) is 6.37. The van der Waals surface area contributed by atoms with Gasteiger partial charge in [0, 0.05) is 12.3 Å². The Morgan fingerprint density at radius 2 is 1.62 bits per heavy atom. The van der Waals surface area contributed by atoms with Crippen LogP contribution in [0.2, 0.25) is 0 Å². The average molecular weight is 218 g/mol. The van der Waals surface area contributed by atoms with Crippen LogP contribution in [0.3, 0.4) is 0 Å². The predicted molar refractivity (Wildman–Crippen MR) is 60.6 cm³/mol. The molecule has 0 aromatic carbocycles. The van der Waals surface area contributed by atoms with Gasteiger partial charge in [0.25, 0.3) is 0 Å². The Labute approximate surface area is 96.4 Å². The molecule has 4 aliphatic carbocycles. The zero-order valence-corrected chi connectivity index (χ0v) is 9.54. The van der Waals surface area contributed by atoms with Crippen molar-refractivity contribution < 1.29 is 9.90 Å². The van der Waals surface area contributed by atoms with Gasteiger partial charge in [-0.05, 0) is 61.7 Å². The average Bonchev–Trinajstić information content (AvgIpc) is 2.13. The Kier molecular flexibility index (Phi) is 2.24. The van der Waals surface area contributed by atoms with E-state index in [2.05, 4.69) is 11.8 Å². The molecule has 2 heteroatoms. The van der Waals surface area contributed by atoms with Crippen LogP contribution in [-0.4, -0.2) is 11.1 Å². The number of aliphatic carboxylic acids is 1. The Balaban J connectivity index is 1.74. The molecule has 2 nitrogen and oxygen atoms in total. The second-order valence-corrected chi connectivity index (χ2v) is 6.20. The van der Waals surface area contributed by atoms with Gasteiger partial charge in [-0.15, -0.1) is 0 Å². The molecular weight excluding hydrogens is 200 g/mol. The second kappa shape index (κ2) is 3.52. The molecule has 1 N–H and O–H groups in total. The Hall–Kier alpha value is -0.970. The lowest BCUT2D eigenvalue weighted by atomic mass is 9.49. The number of rotatable bonds is 1. The number of hydrogen-bond donors (Lipinski definition) is 1. The lowest BCUT2D eigenvalue weighted by Crippen LogP contribution is -2.45. The highest BCUT2D eigenvalue weighted by molar-refractivity contribution is 5.86. The maximum atomic E-state index is 10.4. The summed E-state index contributed by atoms with van der Waals surface area (Å²) in [7, 11) is 0. The van der Waals surface area contributed by atoms with E-state index >= 15 is 0 Å². The Bertz CT molecular complexity index is 337. The summed E-state index contributed by atoms with van der Waals surface area (Å²) in [6.45, 7) is 0. The van der Waals surface area contributed by atoms with E-state index in [4.69, 9.17) is 5.11 Å². The lowest BCUT2D eigenvalue weighted by Gasteiger charge is -2.56. The maximum Gasteiger partial charge on any atom is 0.381 e. The van der Waals surface area contributed by atoms with E-state index in [-0.39, 0.29) is 0 Å². The number of hydrogen-bond acceptors (Lipinski definition) is 1. The molecule has 4 saturated carbocycles. The molecule has 0 heterocycles. The minimum absolute atomic E-state index is 0.400. The molecule has 0 amide bonds. The third kappa shape index (κ3) is 1.73. The topological polar surface area (TPSA) is 37.3 Å². The molecule has 4 rings (SSSR count). The van der Waals surface area contributed by atoms with E-state index in [0.717, 1.165) is 24.2 Å². The summed E-state index contributed by atoms with van der Waals surface area (Å²) in [6.07, 6.45) is 9.07. The van der Waals surface area contributed by atoms with E-state index in [0.29, 0.717) is 5.41 Å². The molecule has 0 saturated heterocycles. The standard InChI is InChI=1S/C14H18O2/c15-13(16)2-1-3-14-7-10-4-11(8-14)6-12(5-10)9-14/h10-12H,3-9H2,(H,15,16). The van der Waals surface area contributed by atoms with Crippen LogP contribution in [-0.2, 0) is 4.79 Å². The number of carboxylic acids is 1. The van der Waals surface area contributed by atoms with Gasteiger partial charge >= 0.3 is 5.97 Å². The van der Waals surface area contributed by atoms with Gasteiger partial charge in [-0.2, -0.15) is 0 Å². The van der Waals surface area contributed by atoms with Gasteiger partial charge in [0.05, 0.1) is 0 Å². The van der Waals surface area contributed by atoms with Gasteiger partial charge in [0.2, 0.25) is 0 Å². The minimum Gasteiger partial charge on any atom is -0.472 e. The van der Waals surface area contributed by atoms with Gasteiger partial charge < -0.3 is 5.11 Å². The molecule has 4 fully saturated rings. The summed E-state index contributed by atoms with van der Waals surface area (Å²) >= 11 is 0. The summed E-state index contributed by atoms with van der Waals surface area (Å²) in [5, 5.41) is 8.55. The summed E-state index contributed by atoms with van der Waals surface area (Å²) in [5.74, 6) is 6.98. The highest BCUT2D eigenvalue weighted by atomic mass is 16.4. The van der Waals surface area contributed by atoms with Crippen LogP contribution < -0.4 is 0 Å². The summed E-state index contributed by atoms with van der Waals surface area (Å²) in [6, 6.07) is 0. The molecule has 0 aromatic rings. The third-order valence-electron chi connectivity index (χ3n) is 4.82. The van der Waals surface area contributed by atoms with E-state index in [1.807, 2.05) is 0 Å². The fourth-order valence-electron chi connectivity index (χ4n) is 4.81. The van der Waals surface area contributed by atoms with E-state index in [9.17, 15) is 4.79 Å². The first-order chi connectivity index (χ1) is 7.65. The van der Waals surface area contributed by atoms with Crippen molar-refractivity contribution in [3.63, 3.8) is 0 Å². The molecule has 4 aliphatic rings. The second-order valence-electron chi connectivity index (χ2n) is 6.20. The Morgan fingerprint density at radius 3 is 2.06 bits per heavy atom. The molecule has 0 aromatic heterocycles. The normalized spacial score (nSPS) is 43.9. The first-order valence-corrected chi connectivity index (χ1v) is 6.37. The molecular formula is C14H18O2. The highest BCUT2D eigenvalue weighted by Crippen LogP contribution is 2.61. The molecule has 0 atom stereocenters. The summed E-state index contributed by atoms with van der Waals surface area (Å²) in [4.78, 5) is 10.4. The van der Waals surface area contributed by atoms with Crippen molar-refractivity contribution in [3.05, 3.63) is 0 Å². The predicted octanol–water partition coefficient (Wildman–Crippen LogP) is 2.68. The zero-order chi connectivity index (χ0) is 11.2. The van der Waals surface area contributed by atoms with Crippen molar-refractivity contribution in [1.29, 1.82) is 0 Å². The molecule has 4 bridgehead atoms. The Morgan fingerprint density at radius 1 is 1.12 bits per heavy atom. The van der Waals surface area contributed by atoms with Crippen LogP contribution in [0.4, 0.5) is 0 Å². The van der Waals surface area contributed by atoms with Crippen molar-refractivity contribution >= 4 is 5.97 Å². The van der Waals surface area contributed by atoms with Gasteiger partial charge in [0.15, 0.2) is 0 Å². The third-order valence-corrected chi connectivity index (χ3v) is 4.82. The van der Waals surface area contributed by atoms with Crippen LogP contribution in [0, 0.1) is 35.0 Å². The van der Waals surface area contributed by atoms with Crippen molar-refractivity contribution in [3.8, 4) is 11.8 Å². The summed E-state index contributed by atoms with van der Waals surface area (Å²) < 4.78 is 0. The van der Waals surface area contributed by atoms with Crippen LogP contribution in [0.5, 0.6) is 0 Å². The van der Waals surface area contributed by atoms with Crippen molar-refractivity contribution in [2.24, 2.45) is 23.2 Å². The monoisotopic (exact) mass is 218 g/mol. The number of carbonyl (C=O) groups is 1. The van der Waals surface area contributed by atoms with Crippen molar-refractivity contribution in [2.45, 2.75) is 44.9 Å². The van der Waals surface area contributed by atoms with Gasteiger partial charge in [-0.3, -0.25) is 0 Å².